The summed E-state index contributed by atoms with van der Waals surface area (Å²) < 4.78 is 44.8. The molecular weight excluding hydrogens is 361 g/mol. The molecule has 0 atom stereocenters. The molecule has 1 aliphatic rings. The van der Waals surface area contributed by atoms with Crippen LogP contribution in [-0.2, 0) is 9.59 Å². The normalized spacial score (nSPS) is 13.3. The number of benzene rings is 2. The number of anilines is 2. The third-order valence-electron chi connectivity index (χ3n) is 3.45. The Morgan fingerprint density at radius 1 is 1.20 bits per heavy atom. The van der Waals surface area contributed by atoms with Crippen molar-refractivity contribution in [2.45, 2.75) is 0 Å². The molecule has 3 rings (SSSR count). The number of nitrogens with zero attached hydrogens (tertiary/aromatic N) is 1. The predicted molar refractivity (Wildman–Crippen MR) is 84.2 cm³/mol. The molecule has 0 aliphatic carbocycles. The highest BCUT2D eigenvalue weighted by atomic mass is 35.5. The van der Waals surface area contributed by atoms with Gasteiger partial charge in [-0.1, -0.05) is 11.6 Å². The van der Waals surface area contributed by atoms with Crippen LogP contribution in [0.15, 0.2) is 30.3 Å². The van der Waals surface area contributed by atoms with E-state index in [0.717, 1.165) is 6.07 Å². The van der Waals surface area contributed by atoms with E-state index in [1.807, 2.05) is 0 Å². The predicted octanol–water partition coefficient (Wildman–Crippen LogP) is 3.12. The molecule has 0 spiro atoms. The lowest BCUT2D eigenvalue weighted by Crippen LogP contribution is -2.41. The number of fused-ring (bicyclic) bond motifs is 1. The highest BCUT2D eigenvalue weighted by molar-refractivity contribution is 6.31. The number of esters is 1. The van der Waals surface area contributed by atoms with Gasteiger partial charge in [0.25, 0.3) is 0 Å². The van der Waals surface area contributed by atoms with Gasteiger partial charge in [-0.2, -0.15) is 0 Å². The van der Waals surface area contributed by atoms with Crippen LogP contribution in [0.2, 0.25) is 5.02 Å². The number of halogens is 4. The summed E-state index contributed by atoms with van der Waals surface area (Å²) in [6, 6.07) is 6.11. The first-order chi connectivity index (χ1) is 11.8. The molecule has 1 heterocycles. The van der Waals surface area contributed by atoms with Gasteiger partial charge >= 0.3 is 5.97 Å². The van der Waals surface area contributed by atoms with Gasteiger partial charge in [0.2, 0.25) is 5.91 Å². The van der Waals surface area contributed by atoms with Crippen LogP contribution >= 0.6 is 11.6 Å². The van der Waals surface area contributed by atoms with Gasteiger partial charge in [0.15, 0.2) is 23.2 Å². The second-order valence-corrected chi connectivity index (χ2v) is 5.65. The SMILES string of the molecule is O=C(CN1CC(=O)Oc2ccc(Cl)cc21)Nc1ccc(F)c(F)c1F. The van der Waals surface area contributed by atoms with Gasteiger partial charge in [0, 0.05) is 5.02 Å². The Balaban J connectivity index is 1.79. The standard InChI is InChI=1S/C16H10ClF3N2O3/c17-8-1-4-12-11(5-8)22(7-14(24)25-12)6-13(23)21-10-3-2-9(18)15(19)16(10)20/h1-5H,6-7H2,(H,21,23). The second-order valence-electron chi connectivity index (χ2n) is 5.21. The minimum absolute atomic E-state index is 0.221. The summed E-state index contributed by atoms with van der Waals surface area (Å²) in [5, 5.41) is 2.51. The zero-order valence-corrected chi connectivity index (χ0v) is 13.2. The van der Waals surface area contributed by atoms with Crippen molar-refractivity contribution < 1.29 is 27.5 Å². The Bertz CT molecular complexity index is 876. The highest BCUT2D eigenvalue weighted by Gasteiger charge is 2.26. The van der Waals surface area contributed by atoms with Crippen LogP contribution in [0.3, 0.4) is 0 Å². The lowest BCUT2D eigenvalue weighted by atomic mass is 10.2. The van der Waals surface area contributed by atoms with E-state index < -0.39 is 35.0 Å². The number of carbonyl (C=O) groups excluding carboxylic acids is 2. The van der Waals surface area contributed by atoms with E-state index in [1.54, 1.807) is 0 Å². The largest absolute Gasteiger partial charge is 0.423 e. The molecule has 0 aromatic heterocycles. The quantitative estimate of drug-likeness (QED) is 0.512. The van der Waals surface area contributed by atoms with Crippen molar-refractivity contribution in [3.8, 4) is 5.75 Å². The molecule has 0 fully saturated rings. The third kappa shape index (κ3) is 3.53. The number of carbonyl (C=O) groups is 2. The van der Waals surface area contributed by atoms with Crippen LogP contribution in [0.5, 0.6) is 5.75 Å². The van der Waals surface area contributed by atoms with Crippen molar-refractivity contribution in [2.75, 3.05) is 23.3 Å². The Labute approximate surface area is 144 Å². The molecule has 0 unspecified atom stereocenters. The number of ether oxygens (including phenoxy) is 1. The summed E-state index contributed by atoms with van der Waals surface area (Å²) in [5.41, 5.74) is -0.0946. The monoisotopic (exact) mass is 370 g/mol. The summed E-state index contributed by atoms with van der Waals surface area (Å²) >= 11 is 5.90. The lowest BCUT2D eigenvalue weighted by Gasteiger charge is -2.29. The Morgan fingerprint density at radius 3 is 2.72 bits per heavy atom. The van der Waals surface area contributed by atoms with Gasteiger partial charge in [-0.25, -0.2) is 18.0 Å². The van der Waals surface area contributed by atoms with Crippen molar-refractivity contribution in [2.24, 2.45) is 0 Å². The average Bonchev–Trinajstić information content (AvgIpc) is 2.56. The Hall–Kier alpha value is -2.74. The van der Waals surface area contributed by atoms with E-state index in [1.165, 1.54) is 23.1 Å². The molecule has 130 valence electrons. The number of rotatable bonds is 3. The summed E-state index contributed by atoms with van der Waals surface area (Å²) in [4.78, 5) is 25.1. The highest BCUT2D eigenvalue weighted by Crippen LogP contribution is 2.34. The van der Waals surface area contributed by atoms with E-state index in [2.05, 4.69) is 5.32 Å². The molecule has 0 radical (unpaired) electrons. The second kappa shape index (κ2) is 6.64. The lowest BCUT2D eigenvalue weighted by molar-refractivity contribution is -0.133. The molecule has 25 heavy (non-hydrogen) atoms. The van der Waals surface area contributed by atoms with Gasteiger partial charge in [-0.15, -0.1) is 0 Å². The number of hydrogen-bond acceptors (Lipinski definition) is 4. The van der Waals surface area contributed by atoms with Crippen LogP contribution in [0.25, 0.3) is 0 Å². The van der Waals surface area contributed by atoms with Crippen molar-refractivity contribution in [1.29, 1.82) is 0 Å². The molecule has 1 aliphatic heterocycles. The first kappa shape index (κ1) is 17.1. The smallest absolute Gasteiger partial charge is 0.331 e. The number of amides is 1. The Morgan fingerprint density at radius 2 is 1.96 bits per heavy atom. The molecule has 2 aromatic rings. The van der Waals surface area contributed by atoms with E-state index in [9.17, 15) is 22.8 Å². The fourth-order valence-electron chi connectivity index (χ4n) is 2.35. The topological polar surface area (TPSA) is 58.6 Å². The minimum Gasteiger partial charge on any atom is -0.423 e. The van der Waals surface area contributed by atoms with Crippen molar-refractivity contribution in [1.82, 2.24) is 0 Å². The minimum atomic E-state index is -1.68. The van der Waals surface area contributed by atoms with Crippen molar-refractivity contribution >= 4 is 34.9 Å². The van der Waals surface area contributed by atoms with E-state index >= 15 is 0 Å². The number of hydrogen-bond donors (Lipinski definition) is 1. The van der Waals surface area contributed by atoms with Gasteiger partial charge in [-0.3, -0.25) is 4.79 Å². The van der Waals surface area contributed by atoms with Crippen LogP contribution in [0.4, 0.5) is 24.5 Å². The van der Waals surface area contributed by atoms with Gasteiger partial charge in [-0.05, 0) is 30.3 Å². The maximum Gasteiger partial charge on any atom is 0.331 e. The van der Waals surface area contributed by atoms with Crippen LogP contribution < -0.4 is 15.0 Å². The average molecular weight is 371 g/mol. The van der Waals surface area contributed by atoms with Crippen molar-refractivity contribution in [3.05, 3.63) is 52.8 Å². The first-order valence-electron chi connectivity index (χ1n) is 7.03. The fraction of sp³-hybridized carbons (Fsp3) is 0.125. The van der Waals surface area contributed by atoms with E-state index in [-0.39, 0.29) is 18.8 Å². The molecule has 1 N–H and O–H groups in total. The first-order valence-corrected chi connectivity index (χ1v) is 7.41. The van der Waals surface area contributed by atoms with Gasteiger partial charge < -0.3 is 15.0 Å². The van der Waals surface area contributed by atoms with E-state index in [4.69, 9.17) is 16.3 Å². The molecule has 5 nitrogen and oxygen atoms in total. The summed E-state index contributed by atoms with van der Waals surface area (Å²) in [6.45, 7) is -0.568. The number of nitrogens with one attached hydrogen (secondary N) is 1. The molecule has 0 saturated carbocycles. The molecule has 9 heteroatoms. The van der Waals surface area contributed by atoms with E-state index in [0.29, 0.717) is 16.8 Å². The Kier molecular flexibility index (Phi) is 4.54. The zero-order chi connectivity index (χ0) is 18.1. The maximum atomic E-state index is 13.6. The third-order valence-corrected chi connectivity index (χ3v) is 3.68. The van der Waals surface area contributed by atoms with Gasteiger partial charge in [0.05, 0.1) is 17.9 Å². The molecule has 1 amide bonds. The summed E-state index contributed by atoms with van der Waals surface area (Å²) in [5.74, 6) is -5.64. The summed E-state index contributed by atoms with van der Waals surface area (Å²) in [7, 11) is 0. The molecule has 2 aromatic carbocycles. The fourth-order valence-corrected chi connectivity index (χ4v) is 2.51. The van der Waals surface area contributed by atoms with Gasteiger partial charge in [0.1, 0.15) is 6.54 Å². The zero-order valence-electron chi connectivity index (χ0n) is 12.5. The summed E-state index contributed by atoms with van der Waals surface area (Å²) in [6.07, 6.45) is 0. The molecule has 0 bridgehead atoms. The molecule has 0 saturated heterocycles. The van der Waals surface area contributed by atoms with Crippen LogP contribution in [0.1, 0.15) is 0 Å². The van der Waals surface area contributed by atoms with Crippen molar-refractivity contribution in [3.63, 3.8) is 0 Å². The van der Waals surface area contributed by atoms with Crippen LogP contribution in [-0.4, -0.2) is 25.0 Å². The molecular formula is C16H10ClF3N2O3. The van der Waals surface area contributed by atoms with Crippen LogP contribution in [0, 0.1) is 17.5 Å². The maximum absolute atomic E-state index is 13.6.